The van der Waals surface area contributed by atoms with Crippen molar-refractivity contribution in [2.45, 2.75) is 13.0 Å². The van der Waals surface area contributed by atoms with E-state index in [0.717, 1.165) is 16.9 Å². The summed E-state index contributed by atoms with van der Waals surface area (Å²) in [5.74, 6) is 1.89. The maximum Gasteiger partial charge on any atom is 0.252 e. The summed E-state index contributed by atoms with van der Waals surface area (Å²) < 4.78 is 16.6. The fourth-order valence-electron chi connectivity index (χ4n) is 3.10. The third-order valence-electron chi connectivity index (χ3n) is 4.57. The second-order valence-corrected chi connectivity index (χ2v) is 6.54. The van der Waals surface area contributed by atoms with Crippen LogP contribution in [0.25, 0.3) is 11.6 Å². The molecule has 0 unspecified atom stereocenters. The Kier molecular flexibility index (Phi) is 5.15. The van der Waals surface area contributed by atoms with E-state index < -0.39 is 0 Å². The highest BCUT2D eigenvalue weighted by Gasteiger charge is 2.18. The third kappa shape index (κ3) is 3.93. The monoisotopic (exact) mass is 375 g/mol. The molecule has 1 aromatic heterocycles. The molecule has 5 heteroatoms. The van der Waals surface area contributed by atoms with Gasteiger partial charge in [0.05, 0.1) is 17.9 Å². The van der Waals surface area contributed by atoms with Crippen LogP contribution >= 0.6 is 0 Å². The smallest absolute Gasteiger partial charge is 0.252 e. The van der Waals surface area contributed by atoms with Crippen LogP contribution in [-0.4, -0.2) is 19.1 Å². The molecule has 2 aromatic carbocycles. The molecule has 4 rings (SSSR count). The number of furan rings is 1. The van der Waals surface area contributed by atoms with E-state index in [9.17, 15) is 4.79 Å². The first-order valence-electron chi connectivity index (χ1n) is 9.22. The highest BCUT2D eigenvalue weighted by molar-refractivity contribution is 6.24. The van der Waals surface area contributed by atoms with Crippen molar-refractivity contribution in [1.29, 1.82) is 0 Å². The minimum absolute atomic E-state index is 0.176. The zero-order valence-electron chi connectivity index (χ0n) is 15.6. The van der Waals surface area contributed by atoms with Crippen LogP contribution in [0.2, 0.25) is 0 Å². The van der Waals surface area contributed by atoms with E-state index in [2.05, 4.69) is 5.32 Å². The number of nitrogens with one attached hydrogen (secondary N) is 1. The van der Waals surface area contributed by atoms with Crippen LogP contribution in [0, 0.1) is 0 Å². The largest absolute Gasteiger partial charge is 0.486 e. The number of benzene rings is 2. The van der Waals surface area contributed by atoms with Gasteiger partial charge in [0, 0.05) is 0 Å². The number of carbonyl (C=O) groups excluding carboxylic acids is 1. The molecule has 1 N–H and O–H groups in total. The molecule has 142 valence electrons. The molecule has 0 saturated heterocycles. The lowest BCUT2D eigenvalue weighted by atomic mass is 10.0. The number of amides is 1. The topological polar surface area (TPSA) is 60.7 Å². The predicted octanol–water partition coefficient (Wildman–Crippen LogP) is 4.47. The van der Waals surface area contributed by atoms with Crippen molar-refractivity contribution in [2.24, 2.45) is 0 Å². The SMILES string of the molecule is C[C@@H](NC(=O)/C(=C/c1ccco1)c1ccccc1)c1ccc2c(c1)OCCO2. The highest BCUT2D eigenvalue weighted by atomic mass is 16.6. The second-order valence-electron chi connectivity index (χ2n) is 6.54. The average molecular weight is 375 g/mol. The van der Waals surface area contributed by atoms with Crippen molar-refractivity contribution in [3.63, 3.8) is 0 Å². The third-order valence-corrected chi connectivity index (χ3v) is 4.57. The predicted molar refractivity (Wildman–Crippen MR) is 107 cm³/mol. The van der Waals surface area contributed by atoms with E-state index in [-0.39, 0.29) is 11.9 Å². The molecule has 1 amide bonds. The zero-order valence-corrected chi connectivity index (χ0v) is 15.6. The molecule has 2 heterocycles. The fourth-order valence-corrected chi connectivity index (χ4v) is 3.10. The first kappa shape index (κ1) is 17.9. The minimum atomic E-state index is -0.202. The quantitative estimate of drug-likeness (QED) is 0.669. The van der Waals surface area contributed by atoms with Gasteiger partial charge in [-0.3, -0.25) is 4.79 Å². The van der Waals surface area contributed by atoms with Gasteiger partial charge < -0.3 is 19.2 Å². The number of hydrogen-bond acceptors (Lipinski definition) is 4. The van der Waals surface area contributed by atoms with Gasteiger partial charge in [-0.25, -0.2) is 0 Å². The van der Waals surface area contributed by atoms with Gasteiger partial charge in [0.25, 0.3) is 5.91 Å². The van der Waals surface area contributed by atoms with E-state index >= 15 is 0 Å². The van der Waals surface area contributed by atoms with Crippen molar-refractivity contribution >= 4 is 17.6 Å². The van der Waals surface area contributed by atoms with Crippen LogP contribution in [0.1, 0.15) is 29.9 Å². The van der Waals surface area contributed by atoms with Gasteiger partial charge in [0.15, 0.2) is 11.5 Å². The summed E-state index contributed by atoms with van der Waals surface area (Å²) in [5, 5.41) is 3.07. The molecule has 0 bridgehead atoms. The van der Waals surface area contributed by atoms with Crippen molar-refractivity contribution in [3.05, 3.63) is 83.8 Å². The van der Waals surface area contributed by atoms with Crippen LogP contribution in [0.15, 0.2) is 71.3 Å². The lowest BCUT2D eigenvalue weighted by Gasteiger charge is -2.21. The summed E-state index contributed by atoms with van der Waals surface area (Å²) in [6.45, 7) is 3.02. The molecule has 28 heavy (non-hydrogen) atoms. The Hall–Kier alpha value is -3.47. The molecule has 0 fully saturated rings. The molecule has 3 aromatic rings. The summed E-state index contributed by atoms with van der Waals surface area (Å²) in [5.41, 5.74) is 2.31. The molecule has 0 spiro atoms. The van der Waals surface area contributed by atoms with Crippen molar-refractivity contribution in [3.8, 4) is 11.5 Å². The molecule has 0 saturated carbocycles. The Morgan fingerprint density at radius 3 is 2.54 bits per heavy atom. The zero-order chi connectivity index (χ0) is 19.3. The van der Waals surface area contributed by atoms with E-state index in [4.69, 9.17) is 13.9 Å². The van der Waals surface area contributed by atoms with Crippen molar-refractivity contribution < 1.29 is 18.7 Å². The van der Waals surface area contributed by atoms with Gasteiger partial charge in [0.2, 0.25) is 0 Å². The molecule has 0 radical (unpaired) electrons. The van der Waals surface area contributed by atoms with E-state index in [1.165, 1.54) is 0 Å². The Morgan fingerprint density at radius 2 is 1.79 bits per heavy atom. The van der Waals surface area contributed by atoms with E-state index in [1.807, 2.05) is 61.5 Å². The Labute approximate surface area is 163 Å². The molecule has 1 atom stereocenters. The molecule has 5 nitrogen and oxygen atoms in total. The Balaban J connectivity index is 1.57. The molecular weight excluding hydrogens is 354 g/mol. The molecular formula is C23H21NO4. The number of fused-ring (bicyclic) bond motifs is 1. The number of ether oxygens (including phenoxy) is 2. The lowest BCUT2D eigenvalue weighted by Crippen LogP contribution is -2.27. The van der Waals surface area contributed by atoms with E-state index in [1.54, 1.807) is 18.4 Å². The maximum absolute atomic E-state index is 13.1. The van der Waals surface area contributed by atoms with Crippen LogP contribution in [0.3, 0.4) is 0 Å². The van der Waals surface area contributed by atoms with Gasteiger partial charge in [-0.15, -0.1) is 0 Å². The van der Waals surface area contributed by atoms with Crippen LogP contribution in [-0.2, 0) is 4.79 Å². The Bertz CT molecular complexity index is 977. The van der Waals surface area contributed by atoms with Crippen LogP contribution < -0.4 is 14.8 Å². The average Bonchev–Trinajstić information content (AvgIpc) is 3.25. The number of hydrogen-bond donors (Lipinski definition) is 1. The van der Waals surface area contributed by atoms with Gasteiger partial charge >= 0.3 is 0 Å². The van der Waals surface area contributed by atoms with Gasteiger partial charge in [-0.1, -0.05) is 36.4 Å². The standard InChI is InChI=1S/C23H21NO4/c1-16(18-9-10-21-22(14-18)28-13-12-27-21)24-23(25)20(15-19-8-5-11-26-19)17-6-3-2-4-7-17/h2-11,14-16H,12-13H2,1H3,(H,24,25)/b20-15+/t16-/m1/s1. The Morgan fingerprint density at radius 1 is 1.00 bits per heavy atom. The van der Waals surface area contributed by atoms with E-state index in [0.29, 0.717) is 30.3 Å². The van der Waals surface area contributed by atoms with Crippen molar-refractivity contribution in [2.75, 3.05) is 13.2 Å². The summed E-state index contributed by atoms with van der Waals surface area (Å²) in [7, 11) is 0. The minimum Gasteiger partial charge on any atom is -0.486 e. The summed E-state index contributed by atoms with van der Waals surface area (Å²) in [6, 6.07) is 18.7. The second kappa shape index (κ2) is 8.05. The van der Waals surface area contributed by atoms with Gasteiger partial charge in [-0.2, -0.15) is 0 Å². The number of carbonyl (C=O) groups is 1. The molecule has 1 aliphatic heterocycles. The fraction of sp³-hybridized carbons (Fsp3) is 0.174. The molecule has 0 aliphatic carbocycles. The number of rotatable bonds is 5. The summed E-state index contributed by atoms with van der Waals surface area (Å²) in [4.78, 5) is 13.1. The van der Waals surface area contributed by atoms with Crippen LogP contribution in [0.4, 0.5) is 0 Å². The van der Waals surface area contributed by atoms with Crippen molar-refractivity contribution in [1.82, 2.24) is 5.32 Å². The molecule has 1 aliphatic rings. The van der Waals surface area contributed by atoms with Gasteiger partial charge in [0.1, 0.15) is 19.0 Å². The first-order valence-corrected chi connectivity index (χ1v) is 9.22. The van der Waals surface area contributed by atoms with Crippen LogP contribution in [0.5, 0.6) is 11.5 Å². The first-order chi connectivity index (χ1) is 13.7. The lowest BCUT2D eigenvalue weighted by molar-refractivity contribution is -0.116. The maximum atomic E-state index is 13.1. The normalized spacial score (nSPS) is 14.4. The summed E-state index contributed by atoms with van der Waals surface area (Å²) >= 11 is 0. The highest BCUT2D eigenvalue weighted by Crippen LogP contribution is 2.32. The summed E-state index contributed by atoms with van der Waals surface area (Å²) in [6.07, 6.45) is 3.34. The van der Waals surface area contributed by atoms with Gasteiger partial charge in [-0.05, 0) is 48.4 Å².